The Hall–Kier alpha value is -0.460. The van der Waals surface area contributed by atoms with Crippen molar-refractivity contribution >= 4 is 0 Å². The Morgan fingerprint density at radius 2 is 2.75 bits per heavy atom. The van der Waals surface area contributed by atoms with Gasteiger partial charge in [-0.2, -0.15) is 0 Å². The van der Waals surface area contributed by atoms with Gasteiger partial charge in [-0.1, -0.05) is 6.92 Å². The summed E-state index contributed by atoms with van der Waals surface area (Å²) in [4.78, 5) is 0. The Morgan fingerprint density at radius 3 is 3.12 bits per heavy atom. The molecule has 1 heterocycles. The highest BCUT2D eigenvalue weighted by molar-refractivity contribution is 5.15. The van der Waals surface area contributed by atoms with Crippen LogP contribution in [0.15, 0.2) is 11.8 Å². The molecule has 1 aliphatic heterocycles. The molecule has 0 bridgehead atoms. The van der Waals surface area contributed by atoms with Crippen LogP contribution in [0.4, 0.5) is 0 Å². The minimum absolute atomic E-state index is 0.602. The average Bonchev–Trinajstić information content (AvgIpc) is 2.40. The third-order valence-electron chi connectivity index (χ3n) is 1.83. The highest BCUT2D eigenvalue weighted by atomic mass is 16.5. The van der Waals surface area contributed by atoms with E-state index in [0.29, 0.717) is 6.10 Å². The molecule has 0 amide bonds. The highest BCUT2D eigenvalue weighted by Crippen LogP contribution is 2.43. The molecule has 8 heavy (non-hydrogen) atoms. The van der Waals surface area contributed by atoms with Crippen molar-refractivity contribution in [2.75, 3.05) is 0 Å². The molecule has 0 aromatic heterocycles. The predicted octanol–water partition coefficient (Wildman–Crippen LogP) is 1.70. The quantitative estimate of drug-likeness (QED) is 0.499. The zero-order valence-electron chi connectivity index (χ0n) is 5.05. The molecule has 0 saturated heterocycles. The topological polar surface area (TPSA) is 9.23 Å². The van der Waals surface area contributed by atoms with Crippen molar-refractivity contribution in [2.24, 2.45) is 5.92 Å². The minimum atomic E-state index is 0.602. The largest absolute Gasteiger partial charge is 0.494 e. The van der Waals surface area contributed by atoms with Gasteiger partial charge in [-0.15, -0.1) is 0 Å². The fourth-order valence-electron chi connectivity index (χ4n) is 1.17. The van der Waals surface area contributed by atoms with Crippen LogP contribution in [0.1, 0.15) is 19.8 Å². The van der Waals surface area contributed by atoms with Gasteiger partial charge >= 0.3 is 0 Å². The molecule has 1 saturated carbocycles. The van der Waals surface area contributed by atoms with Crippen molar-refractivity contribution in [3.05, 3.63) is 11.8 Å². The van der Waals surface area contributed by atoms with E-state index in [1.807, 2.05) is 0 Å². The van der Waals surface area contributed by atoms with E-state index >= 15 is 0 Å². The fourth-order valence-corrected chi connectivity index (χ4v) is 1.17. The van der Waals surface area contributed by atoms with E-state index in [1.54, 1.807) is 0 Å². The van der Waals surface area contributed by atoms with E-state index in [0.717, 1.165) is 12.3 Å². The van der Waals surface area contributed by atoms with Crippen LogP contribution in [-0.2, 0) is 4.74 Å². The second-order valence-electron chi connectivity index (χ2n) is 2.54. The lowest BCUT2D eigenvalue weighted by Gasteiger charge is -1.99. The normalized spacial score (nSPS) is 40.4. The third-order valence-corrected chi connectivity index (χ3v) is 1.83. The van der Waals surface area contributed by atoms with Gasteiger partial charge in [0.25, 0.3) is 0 Å². The summed E-state index contributed by atoms with van der Waals surface area (Å²) in [5.74, 6) is 2.02. The zero-order chi connectivity index (χ0) is 5.56. The van der Waals surface area contributed by atoms with Gasteiger partial charge < -0.3 is 4.74 Å². The summed E-state index contributed by atoms with van der Waals surface area (Å²) in [5.41, 5.74) is 0. The van der Waals surface area contributed by atoms with E-state index in [2.05, 4.69) is 13.0 Å². The van der Waals surface area contributed by atoms with Gasteiger partial charge in [0.15, 0.2) is 0 Å². The molecular formula is C7H10O. The molecule has 1 fully saturated rings. The molecule has 1 nitrogen and oxygen atoms in total. The summed E-state index contributed by atoms with van der Waals surface area (Å²) in [7, 11) is 0. The van der Waals surface area contributed by atoms with E-state index < -0.39 is 0 Å². The SMILES string of the molecule is CCC1=CC2CC2O1. The van der Waals surface area contributed by atoms with Crippen molar-refractivity contribution in [3.63, 3.8) is 0 Å². The summed E-state index contributed by atoms with van der Waals surface area (Å²) < 4.78 is 5.45. The number of ether oxygens (including phenoxy) is 1. The molecule has 1 heteroatoms. The third kappa shape index (κ3) is 0.473. The number of hydrogen-bond donors (Lipinski definition) is 0. The Kier molecular flexibility index (Phi) is 0.706. The standard InChI is InChI=1S/C7H10O/c1-2-6-3-5-4-7(5)8-6/h3,5,7H,2,4H2,1H3. The van der Waals surface area contributed by atoms with Gasteiger partial charge in [0.1, 0.15) is 6.10 Å². The van der Waals surface area contributed by atoms with E-state index in [-0.39, 0.29) is 0 Å². The van der Waals surface area contributed by atoms with Gasteiger partial charge in [0, 0.05) is 12.3 Å². The van der Waals surface area contributed by atoms with Crippen LogP contribution in [0, 0.1) is 5.92 Å². The molecule has 0 radical (unpaired) electrons. The summed E-state index contributed by atoms with van der Waals surface area (Å²) >= 11 is 0. The van der Waals surface area contributed by atoms with Gasteiger partial charge in [0.2, 0.25) is 0 Å². The van der Waals surface area contributed by atoms with Crippen molar-refractivity contribution in [1.29, 1.82) is 0 Å². The zero-order valence-corrected chi connectivity index (χ0v) is 5.05. The van der Waals surface area contributed by atoms with Gasteiger partial charge in [-0.3, -0.25) is 0 Å². The van der Waals surface area contributed by atoms with E-state index in [9.17, 15) is 0 Å². The molecule has 2 unspecified atom stereocenters. The maximum absolute atomic E-state index is 5.45. The van der Waals surface area contributed by atoms with Crippen molar-refractivity contribution in [3.8, 4) is 0 Å². The van der Waals surface area contributed by atoms with Gasteiger partial charge in [-0.05, 0) is 12.5 Å². The van der Waals surface area contributed by atoms with Crippen LogP contribution < -0.4 is 0 Å². The highest BCUT2D eigenvalue weighted by Gasteiger charge is 2.42. The number of hydrogen-bond acceptors (Lipinski definition) is 1. The van der Waals surface area contributed by atoms with Crippen LogP contribution in [0.3, 0.4) is 0 Å². The smallest absolute Gasteiger partial charge is 0.105 e. The predicted molar refractivity (Wildman–Crippen MR) is 31.4 cm³/mol. The van der Waals surface area contributed by atoms with Gasteiger partial charge in [0.05, 0.1) is 5.76 Å². The van der Waals surface area contributed by atoms with Crippen molar-refractivity contribution in [1.82, 2.24) is 0 Å². The fraction of sp³-hybridized carbons (Fsp3) is 0.714. The van der Waals surface area contributed by atoms with E-state index in [4.69, 9.17) is 4.74 Å². The first-order valence-corrected chi connectivity index (χ1v) is 3.27. The Balaban J connectivity index is 2.07. The van der Waals surface area contributed by atoms with Crippen LogP contribution in [0.5, 0.6) is 0 Å². The number of rotatable bonds is 1. The average molecular weight is 110 g/mol. The summed E-state index contributed by atoms with van der Waals surface area (Å²) in [6.07, 6.45) is 5.23. The lowest BCUT2D eigenvalue weighted by Crippen LogP contribution is -1.86. The molecule has 0 spiro atoms. The maximum Gasteiger partial charge on any atom is 0.105 e. The number of allylic oxidation sites excluding steroid dienone is 1. The molecule has 0 N–H and O–H groups in total. The Labute approximate surface area is 49.3 Å². The summed E-state index contributed by atoms with van der Waals surface area (Å²) in [6, 6.07) is 0. The minimum Gasteiger partial charge on any atom is -0.494 e. The summed E-state index contributed by atoms with van der Waals surface area (Å²) in [6.45, 7) is 2.14. The lowest BCUT2D eigenvalue weighted by molar-refractivity contribution is 0.201. The Bertz CT molecular complexity index is 137. The van der Waals surface area contributed by atoms with E-state index in [1.165, 1.54) is 12.2 Å². The van der Waals surface area contributed by atoms with Crippen LogP contribution >= 0.6 is 0 Å². The molecule has 44 valence electrons. The second-order valence-corrected chi connectivity index (χ2v) is 2.54. The first kappa shape index (κ1) is 4.42. The maximum atomic E-state index is 5.45. The van der Waals surface area contributed by atoms with Crippen molar-refractivity contribution in [2.45, 2.75) is 25.9 Å². The molecule has 0 aromatic rings. The molecule has 2 rings (SSSR count). The van der Waals surface area contributed by atoms with Gasteiger partial charge in [-0.25, -0.2) is 0 Å². The van der Waals surface area contributed by atoms with Crippen molar-refractivity contribution < 1.29 is 4.74 Å². The van der Waals surface area contributed by atoms with Crippen LogP contribution in [-0.4, -0.2) is 6.10 Å². The molecule has 2 atom stereocenters. The number of fused-ring (bicyclic) bond motifs is 1. The molecule has 0 aromatic carbocycles. The molecular weight excluding hydrogens is 100 g/mol. The summed E-state index contributed by atoms with van der Waals surface area (Å²) in [5, 5.41) is 0. The Morgan fingerprint density at radius 1 is 1.88 bits per heavy atom. The van der Waals surface area contributed by atoms with Crippen LogP contribution in [0.25, 0.3) is 0 Å². The molecule has 1 aliphatic carbocycles. The first-order chi connectivity index (χ1) is 3.90. The lowest BCUT2D eigenvalue weighted by atomic mass is 10.3. The monoisotopic (exact) mass is 110 g/mol. The van der Waals surface area contributed by atoms with Crippen LogP contribution in [0.2, 0.25) is 0 Å². The second kappa shape index (κ2) is 1.28. The first-order valence-electron chi connectivity index (χ1n) is 3.27. The molecule has 2 aliphatic rings.